The highest BCUT2D eigenvalue weighted by Crippen LogP contribution is 2.34. The van der Waals surface area contributed by atoms with E-state index in [9.17, 15) is 35.9 Å². The summed E-state index contributed by atoms with van der Waals surface area (Å²) >= 11 is 12.6. The third-order valence-electron chi connectivity index (χ3n) is 4.80. The molecule has 0 saturated heterocycles. The summed E-state index contributed by atoms with van der Waals surface area (Å²) in [7, 11) is 0. The summed E-state index contributed by atoms with van der Waals surface area (Å²) < 4.78 is 77.5. The second kappa shape index (κ2) is 11.3. The fourth-order valence-corrected chi connectivity index (χ4v) is 4.53. The Kier molecular flexibility index (Phi) is 9.48. The van der Waals surface area contributed by atoms with Crippen LogP contribution in [0.2, 0.25) is 0 Å². The number of Topliss-reactive ketones (excluding diaryl/α,β-unsaturated/α-hetero) is 2. The molecule has 34 heavy (non-hydrogen) atoms. The van der Waals surface area contributed by atoms with Gasteiger partial charge in [0.1, 0.15) is 0 Å². The van der Waals surface area contributed by atoms with Crippen molar-refractivity contribution in [2.45, 2.75) is 12.4 Å². The van der Waals surface area contributed by atoms with Crippen LogP contribution in [0.3, 0.4) is 0 Å². The second-order valence-electron chi connectivity index (χ2n) is 6.88. The number of hydrogen-bond donors (Lipinski definition) is 0. The lowest BCUT2D eigenvalue weighted by atomic mass is 9.82. The zero-order valence-corrected chi connectivity index (χ0v) is 20.8. The van der Waals surface area contributed by atoms with Gasteiger partial charge < -0.3 is 0 Å². The molecule has 0 aliphatic heterocycles. The van der Waals surface area contributed by atoms with Crippen molar-refractivity contribution in [1.29, 1.82) is 0 Å². The summed E-state index contributed by atoms with van der Waals surface area (Å²) in [6.45, 7) is 0. The molecule has 2 aromatic rings. The highest BCUT2D eigenvalue weighted by molar-refractivity contribution is 8.23. The Morgan fingerprint density at radius 3 is 1.12 bits per heavy atom. The molecule has 0 fully saturated rings. The molecule has 0 spiro atoms. The monoisotopic (exact) mass is 554 g/mol. The quantitative estimate of drug-likeness (QED) is 0.202. The minimum Gasteiger partial charge on any atom is -0.293 e. The Labute approximate surface area is 210 Å². The van der Waals surface area contributed by atoms with Crippen LogP contribution in [0.4, 0.5) is 26.3 Å². The van der Waals surface area contributed by atoms with Crippen molar-refractivity contribution in [2.24, 2.45) is 11.8 Å². The van der Waals surface area contributed by atoms with Crippen molar-refractivity contribution in [3.63, 3.8) is 0 Å². The van der Waals surface area contributed by atoms with E-state index >= 15 is 0 Å². The van der Waals surface area contributed by atoms with Crippen LogP contribution < -0.4 is 0 Å². The van der Waals surface area contributed by atoms with Crippen LogP contribution in [0.5, 0.6) is 0 Å². The van der Waals surface area contributed by atoms with E-state index in [1.165, 1.54) is 0 Å². The molecule has 0 N–H and O–H groups in total. The number of thiocarbonyl (C=S) groups is 2. The van der Waals surface area contributed by atoms with Gasteiger partial charge in [0.15, 0.2) is 11.6 Å². The van der Waals surface area contributed by atoms with E-state index in [0.717, 1.165) is 72.1 Å². The number of carbonyl (C=O) groups is 2. The minimum absolute atomic E-state index is 0.0755. The van der Waals surface area contributed by atoms with Crippen LogP contribution >= 0.6 is 48.0 Å². The van der Waals surface area contributed by atoms with Gasteiger partial charge in [-0.2, -0.15) is 26.3 Å². The predicted molar refractivity (Wildman–Crippen MR) is 131 cm³/mol. The third kappa shape index (κ3) is 6.67. The summed E-state index contributed by atoms with van der Waals surface area (Å²) in [6, 6.07) is 6.92. The zero-order chi connectivity index (χ0) is 25.8. The Hall–Kier alpha value is -1.76. The maximum atomic E-state index is 13.3. The zero-order valence-electron chi connectivity index (χ0n) is 17.5. The van der Waals surface area contributed by atoms with Gasteiger partial charge in [0.25, 0.3) is 0 Å². The van der Waals surface area contributed by atoms with Gasteiger partial charge in [0.05, 0.1) is 31.4 Å². The Bertz CT molecular complexity index is 989. The average Bonchev–Trinajstić information content (AvgIpc) is 2.79. The van der Waals surface area contributed by atoms with Crippen molar-refractivity contribution in [3.05, 3.63) is 70.8 Å². The lowest BCUT2D eigenvalue weighted by Gasteiger charge is -2.25. The summed E-state index contributed by atoms with van der Waals surface area (Å²) in [5.74, 6) is -4.04. The predicted octanol–water partition coefficient (Wildman–Crippen LogP) is 7.40. The lowest BCUT2D eigenvalue weighted by molar-refractivity contribution is -0.138. The van der Waals surface area contributed by atoms with E-state index in [-0.39, 0.29) is 19.5 Å². The molecule has 2 rings (SSSR count). The number of carbonyl (C=O) groups excluding carboxylic acids is 2. The van der Waals surface area contributed by atoms with E-state index in [1.807, 2.05) is 0 Å². The van der Waals surface area contributed by atoms with Crippen molar-refractivity contribution >= 4 is 67.9 Å². The first-order valence-corrected chi connectivity index (χ1v) is 12.6. The highest BCUT2D eigenvalue weighted by atomic mass is 32.2. The third-order valence-corrected chi connectivity index (χ3v) is 7.62. The highest BCUT2D eigenvalue weighted by Gasteiger charge is 2.40. The average molecular weight is 555 g/mol. The van der Waals surface area contributed by atoms with Gasteiger partial charge >= 0.3 is 12.4 Å². The summed E-state index contributed by atoms with van der Waals surface area (Å²) in [5.41, 5.74) is -2.12. The summed E-state index contributed by atoms with van der Waals surface area (Å²) in [5, 5.41) is 0. The molecular weight excluding hydrogens is 538 g/mol. The molecule has 2 aromatic carbocycles. The molecule has 0 saturated carbocycles. The Morgan fingerprint density at radius 1 is 0.647 bits per heavy atom. The van der Waals surface area contributed by atoms with Crippen LogP contribution in [-0.2, 0) is 12.4 Å². The van der Waals surface area contributed by atoms with E-state index in [2.05, 4.69) is 0 Å². The van der Waals surface area contributed by atoms with Crippen LogP contribution in [0.25, 0.3) is 0 Å². The first-order valence-electron chi connectivity index (χ1n) is 9.31. The van der Waals surface area contributed by atoms with Crippen LogP contribution in [0.1, 0.15) is 31.8 Å². The number of hydrogen-bond acceptors (Lipinski definition) is 6. The largest absolute Gasteiger partial charge is 0.416 e. The molecule has 0 aliphatic carbocycles. The minimum atomic E-state index is -4.60. The lowest BCUT2D eigenvalue weighted by Crippen LogP contribution is -2.38. The molecule has 12 heteroatoms. The van der Waals surface area contributed by atoms with E-state index < -0.39 is 46.9 Å². The molecule has 0 heterocycles. The molecule has 2 unspecified atom stereocenters. The van der Waals surface area contributed by atoms with Gasteiger partial charge in [0, 0.05) is 11.1 Å². The molecule has 2 atom stereocenters. The number of alkyl halides is 6. The SMILES string of the molecule is CSC(=S)C(C(=O)c1ccc(C(F)(F)F)cc1)C(C(=O)c1ccc(C(F)(F)F)cc1)C(=S)SC. The van der Waals surface area contributed by atoms with Crippen LogP contribution in [0.15, 0.2) is 48.5 Å². The van der Waals surface area contributed by atoms with E-state index in [1.54, 1.807) is 12.5 Å². The van der Waals surface area contributed by atoms with Crippen molar-refractivity contribution in [3.8, 4) is 0 Å². The summed E-state index contributed by atoms with van der Waals surface area (Å²) in [4.78, 5) is 26.7. The fraction of sp³-hybridized carbons (Fsp3) is 0.273. The molecule has 0 aromatic heterocycles. The number of halogens is 6. The summed E-state index contributed by atoms with van der Waals surface area (Å²) in [6.07, 6.45) is -6.07. The number of thioether (sulfide) groups is 2. The van der Waals surface area contributed by atoms with Gasteiger partial charge in [0.2, 0.25) is 0 Å². The molecule has 0 bridgehead atoms. The molecule has 2 nitrogen and oxygen atoms in total. The normalized spacial score (nSPS) is 13.8. The Morgan fingerprint density at radius 2 is 0.912 bits per heavy atom. The standard InChI is InChI=1S/C22H16F6O2S4/c1-33-19(31)15(17(29)11-3-7-13(8-4-11)21(23,24)25)16(20(32)34-2)18(30)12-5-9-14(10-6-12)22(26,27)28/h3-10,15-16H,1-2H3. The smallest absolute Gasteiger partial charge is 0.293 e. The van der Waals surface area contributed by atoms with Crippen molar-refractivity contribution < 1.29 is 35.9 Å². The number of rotatable bonds is 7. The van der Waals surface area contributed by atoms with Gasteiger partial charge in [-0.1, -0.05) is 48.7 Å². The van der Waals surface area contributed by atoms with Crippen LogP contribution in [-0.4, -0.2) is 32.5 Å². The Balaban J connectivity index is 2.52. The molecule has 0 aliphatic rings. The molecule has 0 radical (unpaired) electrons. The first kappa shape index (κ1) is 28.5. The van der Waals surface area contributed by atoms with Gasteiger partial charge in [-0.25, -0.2) is 0 Å². The maximum Gasteiger partial charge on any atom is 0.416 e. The van der Waals surface area contributed by atoms with E-state index in [4.69, 9.17) is 24.4 Å². The number of ketones is 2. The maximum absolute atomic E-state index is 13.3. The topological polar surface area (TPSA) is 34.1 Å². The van der Waals surface area contributed by atoms with E-state index in [0.29, 0.717) is 0 Å². The first-order chi connectivity index (χ1) is 15.7. The van der Waals surface area contributed by atoms with Gasteiger partial charge in [-0.15, -0.1) is 23.5 Å². The fourth-order valence-electron chi connectivity index (χ4n) is 3.05. The second-order valence-corrected chi connectivity index (χ2v) is 9.97. The molecular formula is C22H16F6O2S4. The number of benzene rings is 2. The van der Waals surface area contributed by atoms with Crippen molar-refractivity contribution in [2.75, 3.05) is 12.5 Å². The molecule has 0 amide bonds. The van der Waals surface area contributed by atoms with Gasteiger partial charge in [-0.05, 0) is 36.8 Å². The van der Waals surface area contributed by atoms with Gasteiger partial charge in [-0.3, -0.25) is 9.59 Å². The molecule has 182 valence electrons. The van der Waals surface area contributed by atoms with Crippen molar-refractivity contribution in [1.82, 2.24) is 0 Å². The van der Waals surface area contributed by atoms with Crippen LogP contribution in [0, 0.1) is 11.8 Å².